The summed E-state index contributed by atoms with van der Waals surface area (Å²) in [6, 6.07) is 0. The monoisotopic (exact) mass is 270 g/mol. The van der Waals surface area contributed by atoms with Crippen LogP contribution in [0.3, 0.4) is 0 Å². The van der Waals surface area contributed by atoms with Crippen LogP contribution in [0, 0.1) is 6.92 Å². The predicted octanol–water partition coefficient (Wildman–Crippen LogP) is 1.24. The third-order valence-corrected chi connectivity index (χ3v) is 2.43. The molecular weight excluding hydrogens is 251 g/mol. The van der Waals surface area contributed by atoms with Gasteiger partial charge in [-0.3, -0.25) is 0 Å². The summed E-state index contributed by atoms with van der Waals surface area (Å²) in [5.41, 5.74) is 1.70. The SMILES string of the molecule is CC.CCCCc1c(C)nc([As])[nH]c1=O. The van der Waals surface area contributed by atoms with Crippen LogP contribution in [0.4, 0.5) is 0 Å². The van der Waals surface area contributed by atoms with Crippen molar-refractivity contribution in [3.8, 4) is 0 Å². The molecule has 1 aromatic heterocycles. The quantitative estimate of drug-likeness (QED) is 0.840. The van der Waals surface area contributed by atoms with Crippen LogP contribution in [0.15, 0.2) is 4.79 Å². The first kappa shape index (κ1) is 14.4. The Morgan fingerprint density at radius 3 is 2.47 bits per heavy atom. The van der Waals surface area contributed by atoms with Crippen LogP contribution in [0.1, 0.15) is 44.9 Å². The van der Waals surface area contributed by atoms with Gasteiger partial charge in [0.25, 0.3) is 0 Å². The van der Waals surface area contributed by atoms with Crippen LogP contribution < -0.4 is 10.2 Å². The van der Waals surface area contributed by atoms with Gasteiger partial charge in [-0.1, -0.05) is 13.8 Å². The maximum atomic E-state index is 11.5. The fraction of sp³-hybridized carbons (Fsp3) is 0.636. The van der Waals surface area contributed by atoms with E-state index in [9.17, 15) is 4.79 Å². The van der Waals surface area contributed by atoms with E-state index in [2.05, 4.69) is 33.7 Å². The molecule has 0 bridgehead atoms. The molecule has 0 saturated heterocycles. The van der Waals surface area contributed by atoms with Gasteiger partial charge in [-0.2, -0.15) is 0 Å². The molecule has 0 aromatic carbocycles. The van der Waals surface area contributed by atoms with E-state index in [1.54, 1.807) is 0 Å². The molecule has 1 heterocycles. The molecule has 0 aliphatic carbocycles. The second kappa shape index (κ2) is 7.69. The van der Waals surface area contributed by atoms with Gasteiger partial charge in [-0.15, -0.1) is 0 Å². The molecular formula is C11H19AsN2O. The average Bonchev–Trinajstić information content (AvgIpc) is 2.19. The minimum absolute atomic E-state index is 0.0107. The molecule has 3 nitrogen and oxygen atoms in total. The summed E-state index contributed by atoms with van der Waals surface area (Å²) >= 11 is 2.25. The molecule has 84 valence electrons. The number of nitrogens with one attached hydrogen (secondary N) is 1. The third-order valence-electron chi connectivity index (χ3n) is 1.99. The van der Waals surface area contributed by atoms with Crippen LogP contribution >= 0.6 is 0 Å². The molecule has 4 heteroatoms. The van der Waals surface area contributed by atoms with E-state index in [-0.39, 0.29) is 5.56 Å². The number of aromatic nitrogens is 2. The van der Waals surface area contributed by atoms with Crippen molar-refractivity contribution in [2.75, 3.05) is 0 Å². The zero-order valence-electron chi connectivity index (χ0n) is 9.92. The van der Waals surface area contributed by atoms with Crippen LogP contribution in [0.25, 0.3) is 0 Å². The number of hydrogen-bond acceptors (Lipinski definition) is 2. The summed E-state index contributed by atoms with van der Waals surface area (Å²) < 4.78 is 0.634. The van der Waals surface area contributed by atoms with Gasteiger partial charge in [-0.25, -0.2) is 0 Å². The number of H-pyrrole nitrogens is 1. The van der Waals surface area contributed by atoms with Crippen LogP contribution in [-0.4, -0.2) is 26.8 Å². The Kier molecular flexibility index (Phi) is 7.41. The molecule has 2 radical (unpaired) electrons. The third kappa shape index (κ3) is 4.65. The molecule has 0 spiro atoms. The summed E-state index contributed by atoms with van der Waals surface area (Å²) in [6.45, 7) is 8.00. The van der Waals surface area contributed by atoms with Crippen LogP contribution in [0.5, 0.6) is 0 Å². The number of aryl methyl sites for hydroxylation is 1. The van der Waals surface area contributed by atoms with E-state index in [4.69, 9.17) is 0 Å². The molecule has 0 unspecified atom stereocenters. The Labute approximate surface area is 100 Å². The minimum atomic E-state index is 0.0107. The molecule has 0 saturated carbocycles. The van der Waals surface area contributed by atoms with Gasteiger partial charge >= 0.3 is 86.2 Å². The fourth-order valence-electron chi connectivity index (χ4n) is 1.24. The summed E-state index contributed by atoms with van der Waals surface area (Å²) in [6.07, 6.45) is 2.98. The van der Waals surface area contributed by atoms with Crippen LogP contribution in [-0.2, 0) is 6.42 Å². The molecule has 0 aliphatic rings. The van der Waals surface area contributed by atoms with Crippen molar-refractivity contribution in [1.82, 2.24) is 9.97 Å². The standard InChI is InChI=1S/C9H13AsN2O.C2H6/c1-3-4-5-7-6(2)11-9(10)12-8(7)13;1-2/h3-5H2,1-2H3,(H,11,12,13);1-2H3. The zero-order valence-corrected chi connectivity index (χ0v) is 11.8. The summed E-state index contributed by atoms with van der Waals surface area (Å²) in [7, 11) is 0. The zero-order chi connectivity index (χ0) is 11.8. The number of aromatic amines is 1. The average molecular weight is 270 g/mol. The molecule has 1 N–H and O–H groups in total. The first-order chi connectivity index (χ1) is 7.15. The normalized spacial score (nSPS) is 9.40. The van der Waals surface area contributed by atoms with Crippen molar-refractivity contribution in [2.24, 2.45) is 0 Å². The van der Waals surface area contributed by atoms with Crippen molar-refractivity contribution in [3.63, 3.8) is 0 Å². The molecule has 0 aliphatic heterocycles. The number of rotatable bonds is 3. The Morgan fingerprint density at radius 2 is 2.00 bits per heavy atom. The summed E-state index contributed by atoms with van der Waals surface area (Å²) in [5, 5.41) is 0. The van der Waals surface area contributed by atoms with E-state index >= 15 is 0 Å². The fourth-order valence-corrected chi connectivity index (χ4v) is 1.77. The van der Waals surface area contributed by atoms with Crippen molar-refractivity contribution >= 4 is 21.5 Å². The predicted molar refractivity (Wildman–Crippen MR) is 64.9 cm³/mol. The Balaban J connectivity index is 0.000000921. The Bertz CT molecular complexity index is 347. The van der Waals surface area contributed by atoms with Gasteiger partial charge in [0.15, 0.2) is 0 Å². The van der Waals surface area contributed by atoms with Crippen molar-refractivity contribution in [2.45, 2.75) is 47.0 Å². The molecule has 1 aromatic rings. The summed E-state index contributed by atoms with van der Waals surface area (Å²) in [5.74, 6) is 0. The molecule has 0 amide bonds. The Hall–Kier alpha value is -0.562. The van der Waals surface area contributed by atoms with Crippen molar-refractivity contribution in [3.05, 3.63) is 21.6 Å². The van der Waals surface area contributed by atoms with E-state index < -0.39 is 0 Å². The maximum absolute atomic E-state index is 11.5. The van der Waals surface area contributed by atoms with Gasteiger partial charge in [0.05, 0.1) is 0 Å². The number of nitrogens with zero attached hydrogens (tertiary/aromatic N) is 1. The summed E-state index contributed by atoms with van der Waals surface area (Å²) in [4.78, 5) is 18.4. The van der Waals surface area contributed by atoms with E-state index in [1.807, 2.05) is 20.8 Å². The molecule has 15 heavy (non-hydrogen) atoms. The van der Waals surface area contributed by atoms with Crippen LogP contribution in [0.2, 0.25) is 0 Å². The first-order valence-electron chi connectivity index (χ1n) is 5.44. The van der Waals surface area contributed by atoms with Crippen molar-refractivity contribution < 1.29 is 0 Å². The first-order valence-corrected chi connectivity index (χ1v) is 6.37. The molecule has 0 atom stereocenters. The van der Waals surface area contributed by atoms with Gasteiger partial charge in [0, 0.05) is 0 Å². The molecule has 0 fully saturated rings. The van der Waals surface area contributed by atoms with Crippen molar-refractivity contribution in [1.29, 1.82) is 0 Å². The Morgan fingerprint density at radius 1 is 1.40 bits per heavy atom. The van der Waals surface area contributed by atoms with Gasteiger partial charge in [0.1, 0.15) is 0 Å². The second-order valence-electron chi connectivity index (χ2n) is 3.06. The van der Waals surface area contributed by atoms with Gasteiger partial charge < -0.3 is 0 Å². The van der Waals surface area contributed by atoms with Gasteiger partial charge in [-0.05, 0) is 0 Å². The number of hydrogen-bond donors (Lipinski definition) is 1. The van der Waals surface area contributed by atoms with Gasteiger partial charge in [0.2, 0.25) is 0 Å². The molecule has 1 rings (SSSR count). The topological polar surface area (TPSA) is 45.8 Å². The van der Waals surface area contributed by atoms with E-state index in [0.717, 1.165) is 30.5 Å². The number of unbranched alkanes of at least 4 members (excludes halogenated alkanes) is 1. The second-order valence-corrected chi connectivity index (χ2v) is 3.95. The van der Waals surface area contributed by atoms with E-state index in [1.165, 1.54) is 0 Å². The van der Waals surface area contributed by atoms with E-state index in [0.29, 0.717) is 4.61 Å².